The van der Waals surface area contributed by atoms with Gasteiger partial charge in [0.15, 0.2) is 6.10 Å². The van der Waals surface area contributed by atoms with E-state index in [1.165, 1.54) is 13.0 Å². The van der Waals surface area contributed by atoms with Crippen molar-refractivity contribution in [3.05, 3.63) is 44.6 Å². The Morgan fingerprint density at radius 2 is 2.15 bits per heavy atom. The van der Waals surface area contributed by atoms with Crippen LogP contribution in [0.5, 0.6) is 5.88 Å². The summed E-state index contributed by atoms with van der Waals surface area (Å²) in [5.74, 6) is -0.845. The molecule has 140 valence electrons. The third kappa shape index (κ3) is 4.64. The number of nitrogens with zero attached hydrogens (tertiary/aromatic N) is 3. The van der Waals surface area contributed by atoms with Gasteiger partial charge in [0.2, 0.25) is 0 Å². The van der Waals surface area contributed by atoms with E-state index >= 15 is 0 Å². The highest BCUT2D eigenvalue weighted by molar-refractivity contribution is 6.35. The van der Waals surface area contributed by atoms with Gasteiger partial charge < -0.3 is 9.47 Å². The molecule has 1 unspecified atom stereocenters. The highest BCUT2D eigenvalue weighted by Crippen LogP contribution is 2.33. The van der Waals surface area contributed by atoms with Crippen molar-refractivity contribution in [3.8, 4) is 11.6 Å². The standard InChI is InChI=1S/C16H17Cl2N3O5/c1-3-4-7-25-16(22)10(2)26-15-14(21(23)24)9-19-20(15)13-6-5-11(17)8-12(13)18/h5-6,8-10H,3-4,7H2,1-2H3. The largest absolute Gasteiger partial charge is 0.463 e. The Morgan fingerprint density at radius 1 is 1.42 bits per heavy atom. The van der Waals surface area contributed by atoms with Gasteiger partial charge in [-0.1, -0.05) is 36.5 Å². The van der Waals surface area contributed by atoms with E-state index < -0.39 is 22.7 Å². The maximum atomic E-state index is 12.0. The molecule has 1 aromatic heterocycles. The fourth-order valence-corrected chi connectivity index (χ4v) is 2.53. The highest BCUT2D eigenvalue weighted by Gasteiger charge is 2.28. The molecule has 1 aromatic carbocycles. The molecule has 0 aliphatic rings. The fraction of sp³-hybridized carbons (Fsp3) is 0.375. The summed E-state index contributed by atoms with van der Waals surface area (Å²) in [4.78, 5) is 22.6. The Morgan fingerprint density at radius 3 is 2.77 bits per heavy atom. The maximum Gasteiger partial charge on any atom is 0.350 e. The van der Waals surface area contributed by atoms with Crippen molar-refractivity contribution in [2.45, 2.75) is 32.8 Å². The molecule has 8 nitrogen and oxygen atoms in total. The van der Waals surface area contributed by atoms with Gasteiger partial charge in [-0.25, -0.2) is 4.79 Å². The second-order valence-corrected chi connectivity index (χ2v) is 6.22. The second kappa shape index (κ2) is 8.86. The minimum absolute atomic E-state index is 0.221. The van der Waals surface area contributed by atoms with E-state index in [0.717, 1.165) is 23.7 Å². The van der Waals surface area contributed by atoms with Gasteiger partial charge in [0.25, 0.3) is 5.88 Å². The lowest BCUT2D eigenvalue weighted by Gasteiger charge is -2.15. The first-order valence-electron chi connectivity index (χ1n) is 7.86. The van der Waals surface area contributed by atoms with Crippen LogP contribution in [0.3, 0.4) is 0 Å². The van der Waals surface area contributed by atoms with Gasteiger partial charge in [-0.3, -0.25) is 10.1 Å². The number of rotatable bonds is 8. The first-order valence-corrected chi connectivity index (χ1v) is 8.61. The van der Waals surface area contributed by atoms with Crippen LogP contribution in [0.15, 0.2) is 24.4 Å². The van der Waals surface area contributed by atoms with Crippen LogP contribution in [0.2, 0.25) is 10.0 Å². The number of esters is 1. The van der Waals surface area contributed by atoms with Crippen LogP contribution in [0, 0.1) is 10.1 Å². The molecule has 0 radical (unpaired) electrons. The number of halogens is 2. The van der Waals surface area contributed by atoms with E-state index in [-0.39, 0.29) is 17.5 Å². The molecule has 26 heavy (non-hydrogen) atoms. The summed E-state index contributed by atoms with van der Waals surface area (Å²) in [6.07, 6.45) is 1.55. The van der Waals surface area contributed by atoms with E-state index in [2.05, 4.69) is 5.10 Å². The van der Waals surface area contributed by atoms with Gasteiger partial charge in [-0.15, -0.1) is 0 Å². The molecular formula is C16H17Cl2N3O5. The van der Waals surface area contributed by atoms with Crippen molar-refractivity contribution in [1.29, 1.82) is 0 Å². The molecular weight excluding hydrogens is 385 g/mol. The molecule has 0 amide bonds. The lowest BCUT2D eigenvalue weighted by atomic mass is 10.3. The molecule has 2 aromatic rings. The van der Waals surface area contributed by atoms with E-state index in [0.29, 0.717) is 10.7 Å². The molecule has 0 aliphatic heterocycles. The minimum atomic E-state index is -1.06. The smallest absolute Gasteiger partial charge is 0.350 e. The van der Waals surface area contributed by atoms with Gasteiger partial charge in [-0.05, 0) is 31.5 Å². The van der Waals surface area contributed by atoms with Crippen LogP contribution in [0.4, 0.5) is 5.69 Å². The Bertz CT molecular complexity index is 809. The summed E-state index contributed by atoms with van der Waals surface area (Å²) in [6, 6.07) is 4.57. The van der Waals surface area contributed by atoms with Crippen LogP contribution < -0.4 is 4.74 Å². The molecule has 1 heterocycles. The molecule has 0 aliphatic carbocycles. The van der Waals surface area contributed by atoms with Gasteiger partial charge >= 0.3 is 11.7 Å². The number of hydrogen-bond donors (Lipinski definition) is 0. The summed E-state index contributed by atoms with van der Waals surface area (Å²) in [6.45, 7) is 3.66. The summed E-state index contributed by atoms with van der Waals surface area (Å²) in [5.41, 5.74) is -0.0741. The number of hydrogen-bond acceptors (Lipinski definition) is 6. The van der Waals surface area contributed by atoms with Crippen molar-refractivity contribution < 1.29 is 19.2 Å². The molecule has 0 saturated heterocycles. The zero-order valence-corrected chi connectivity index (χ0v) is 15.7. The van der Waals surface area contributed by atoms with Crippen molar-refractivity contribution in [1.82, 2.24) is 9.78 Å². The number of ether oxygens (including phenoxy) is 2. The van der Waals surface area contributed by atoms with Crippen LogP contribution in [-0.2, 0) is 9.53 Å². The molecule has 0 spiro atoms. The van der Waals surface area contributed by atoms with Gasteiger partial charge in [0, 0.05) is 5.02 Å². The van der Waals surface area contributed by atoms with Gasteiger partial charge in [0.05, 0.1) is 22.2 Å². The normalized spacial score (nSPS) is 11.8. The predicted molar refractivity (Wildman–Crippen MR) is 96.2 cm³/mol. The molecule has 0 N–H and O–H groups in total. The average Bonchev–Trinajstić information content (AvgIpc) is 2.98. The van der Waals surface area contributed by atoms with Crippen LogP contribution in [-0.4, -0.2) is 33.4 Å². The third-order valence-corrected chi connectivity index (χ3v) is 3.94. The molecule has 1 atom stereocenters. The Labute approximate surface area is 159 Å². The third-order valence-electron chi connectivity index (χ3n) is 3.40. The number of unbranched alkanes of at least 4 members (excludes halogenated alkanes) is 1. The van der Waals surface area contributed by atoms with Crippen LogP contribution in [0.1, 0.15) is 26.7 Å². The molecule has 0 fully saturated rings. The SMILES string of the molecule is CCCCOC(=O)C(C)Oc1c([N+](=O)[O-])cnn1-c1ccc(Cl)cc1Cl. The first-order chi connectivity index (χ1) is 12.3. The van der Waals surface area contributed by atoms with E-state index in [4.69, 9.17) is 32.7 Å². The van der Waals surface area contributed by atoms with E-state index in [1.54, 1.807) is 12.1 Å². The highest BCUT2D eigenvalue weighted by atomic mass is 35.5. The minimum Gasteiger partial charge on any atom is -0.463 e. The Balaban J connectivity index is 2.32. The zero-order valence-electron chi connectivity index (χ0n) is 14.1. The molecule has 2 rings (SSSR count). The molecule has 0 bridgehead atoms. The van der Waals surface area contributed by atoms with Gasteiger partial charge in [-0.2, -0.15) is 9.78 Å². The number of nitro groups is 1. The quantitative estimate of drug-likeness (QED) is 0.284. The fourth-order valence-electron chi connectivity index (χ4n) is 2.04. The number of carbonyl (C=O) groups is 1. The summed E-state index contributed by atoms with van der Waals surface area (Å²) in [7, 11) is 0. The number of benzene rings is 1. The Hall–Kier alpha value is -2.32. The van der Waals surface area contributed by atoms with Crippen LogP contribution >= 0.6 is 23.2 Å². The monoisotopic (exact) mass is 401 g/mol. The van der Waals surface area contributed by atoms with E-state index in [9.17, 15) is 14.9 Å². The van der Waals surface area contributed by atoms with Gasteiger partial charge in [0.1, 0.15) is 6.20 Å². The van der Waals surface area contributed by atoms with Crippen molar-refractivity contribution in [3.63, 3.8) is 0 Å². The maximum absolute atomic E-state index is 12.0. The summed E-state index contributed by atoms with van der Waals surface area (Å²) in [5, 5.41) is 15.8. The number of aromatic nitrogens is 2. The summed E-state index contributed by atoms with van der Waals surface area (Å²) >= 11 is 12.0. The van der Waals surface area contributed by atoms with Crippen molar-refractivity contribution in [2.75, 3.05) is 6.61 Å². The topological polar surface area (TPSA) is 96.5 Å². The lowest BCUT2D eigenvalue weighted by molar-refractivity contribution is -0.386. The predicted octanol–water partition coefficient (Wildman–Crippen LogP) is 4.20. The summed E-state index contributed by atoms with van der Waals surface area (Å²) < 4.78 is 11.7. The molecule has 10 heteroatoms. The lowest BCUT2D eigenvalue weighted by Crippen LogP contribution is -2.27. The average molecular weight is 402 g/mol. The second-order valence-electron chi connectivity index (χ2n) is 5.38. The number of carbonyl (C=O) groups excluding carboxylic acids is 1. The van der Waals surface area contributed by atoms with Crippen LogP contribution in [0.25, 0.3) is 5.69 Å². The Kier molecular flexibility index (Phi) is 6.82. The zero-order chi connectivity index (χ0) is 19.3. The van der Waals surface area contributed by atoms with Crippen molar-refractivity contribution >= 4 is 34.9 Å². The van der Waals surface area contributed by atoms with E-state index in [1.807, 2.05) is 6.92 Å². The molecule has 0 saturated carbocycles. The first kappa shape index (κ1) is 20.0. The van der Waals surface area contributed by atoms with Crippen molar-refractivity contribution in [2.24, 2.45) is 0 Å².